The van der Waals surface area contributed by atoms with Crippen LogP contribution >= 0.6 is 11.6 Å². The van der Waals surface area contributed by atoms with Crippen LogP contribution in [0.5, 0.6) is 0 Å². The van der Waals surface area contributed by atoms with E-state index in [1.807, 2.05) is 0 Å². The molecular weight excluding hydrogens is 290 g/mol. The molecule has 2 aromatic rings. The van der Waals surface area contributed by atoms with Crippen molar-refractivity contribution in [1.29, 1.82) is 0 Å². The van der Waals surface area contributed by atoms with Crippen molar-refractivity contribution >= 4 is 17.3 Å². The molecule has 0 saturated heterocycles. The van der Waals surface area contributed by atoms with Gasteiger partial charge < -0.3 is 10.5 Å². The lowest BCUT2D eigenvalue weighted by Crippen LogP contribution is -2.08. The lowest BCUT2D eigenvalue weighted by atomic mass is 10.1. The number of nitrogens with zero attached hydrogens (tertiary/aromatic N) is 4. The fourth-order valence-electron chi connectivity index (χ4n) is 2.16. The monoisotopic (exact) mass is 307 g/mol. The zero-order valence-electron chi connectivity index (χ0n) is 11.7. The van der Waals surface area contributed by atoms with Crippen LogP contribution in [0.25, 0.3) is 11.4 Å². The lowest BCUT2D eigenvalue weighted by molar-refractivity contribution is 0.118. The number of halogens is 1. The second-order valence-electron chi connectivity index (χ2n) is 5.30. The maximum Gasteiger partial charge on any atom is 0.185 e. The summed E-state index contributed by atoms with van der Waals surface area (Å²) in [5.74, 6) is 1.39. The smallest absolute Gasteiger partial charge is 0.185 e. The molecular formula is C14H18ClN5O. The molecule has 112 valence electrons. The minimum absolute atomic E-state index is 0.552. The van der Waals surface area contributed by atoms with E-state index in [2.05, 4.69) is 15.5 Å². The van der Waals surface area contributed by atoms with E-state index in [-0.39, 0.29) is 0 Å². The van der Waals surface area contributed by atoms with Crippen LogP contribution in [-0.4, -0.2) is 33.4 Å². The average molecular weight is 308 g/mol. The molecule has 0 unspecified atom stereocenters. The standard InChI is InChI=1S/C14H18ClN5O/c15-11-3-1-4-12(16)13(11)14-17-18-19-20(14)7-2-8-21-9-10-5-6-10/h1,3-4,10H,2,5-9,16H2. The van der Waals surface area contributed by atoms with Crippen molar-refractivity contribution in [1.82, 2.24) is 20.2 Å². The van der Waals surface area contributed by atoms with Gasteiger partial charge in [0.2, 0.25) is 0 Å². The molecule has 1 aromatic heterocycles. The predicted molar refractivity (Wildman–Crippen MR) is 80.8 cm³/mol. The third kappa shape index (κ3) is 3.51. The molecule has 0 atom stereocenters. The molecule has 0 bridgehead atoms. The normalized spacial score (nSPS) is 14.5. The van der Waals surface area contributed by atoms with Crippen LogP contribution in [0.1, 0.15) is 19.3 Å². The molecule has 3 rings (SSSR count). The number of nitrogen functional groups attached to an aromatic ring is 1. The summed E-state index contributed by atoms with van der Waals surface area (Å²) in [7, 11) is 0. The summed E-state index contributed by atoms with van der Waals surface area (Å²) in [5, 5.41) is 12.3. The van der Waals surface area contributed by atoms with Gasteiger partial charge in [-0.05, 0) is 47.7 Å². The minimum atomic E-state index is 0.552. The lowest BCUT2D eigenvalue weighted by Gasteiger charge is -2.08. The van der Waals surface area contributed by atoms with Gasteiger partial charge in [-0.1, -0.05) is 17.7 Å². The van der Waals surface area contributed by atoms with Gasteiger partial charge in [-0.25, -0.2) is 4.68 Å². The maximum atomic E-state index is 6.20. The Morgan fingerprint density at radius 1 is 1.38 bits per heavy atom. The Kier molecular flexibility index (Phi) is 4.36. The summed E-state index contributed by atoms with van der Waals surface area (Å²) in [6.07, 6.45) is 3.47. The number of hydrogen-bond donors (Lipinski definition) is 1. The van der Waals surface area contributed by atoms with E-state index in [9.17, 15) is 0 Å². The van der Waals surface area contributed by atoms with Gasteiger partial charge in [0, 0.05) is 25.4 Å². The zero-order chi connectivity index (χ0) is 14.7. The van der Waals surface area contributed by atoms with E-state index in [1.165, 1.54) is 12.8 Å². The Hall–Kier alpha value is -1.66. The third-order valence-corrected chi connectivity index (χ3v) is 3.83. The Balaban J connectivity index is 1.63. The van der Waals surface area contributed by atoms with Crippen molar-refractivity contribution in [2.75, 3.05) is 18.9 Å². The molecule has 0 aliphatic heterocycles. The van der Waals surface area contributed by atoms with Crippen molar-refractivity contribution in [2.45, 2.75) is 25.8 Å². The number of tetrazole rings is 1. The zero-order valence-corrected chi connectivity index (χ0v) is 12.5. The van der Waals surface area contributed by atoms with Gasteiger partial charge in [0.15, 0.2) is 5.82 Å². The Bertz CT molecular complexity index is 591. The second-order valence-corrected chi connectivity index (χ2v) is 5.71. The molecule has 7 heteroatoms. The van der Waals surface area contributed by atoms with Crippen LogP contribution < -0.4 is 5.73 Å². The van der Waals surface area contributed by atoms with Crippen LogP contribution in [0.2, 0.25) is 5.02 Å². The quantitative estimate of drug-likeness (QED) is 0.627. The summed E-state index contributed by atoms with van der Waals surface area (Å²) >= 11 is 6.20. The number of aryl methyl sites for hydroxylation is 1. The maximum absolute atomic E-state index is 6.20. The first-order chi connectivity index (χ1) is 10.3. The largest absolute Gasteiger partial charge is 0.398 e. The molecule has 1 aromatic carbocycles. The van der Waals surface area contributed by atoms with E-state index in [0.717, 1.165) is 18.9 Å². The van der Waals surface area contributed by atoms with Crippen molar-refractivity contribution < 1.29 is 4.74 Å². The minimum Gasteiger partial charge on any atom is -0.398 e. The van der Waals surface area contributed by atoms with Gasteiger partial charge in [-0.3, -0.25) is 0 Å². The molecule has 1 aliphatic rings. The first-order valence-electron chi connectivity index (χ1n) is 7.14. The van der Waals surface area contributed by atoms with E-state index in [4.69, 9.17) is 22.1 Å². The number of hydrogen-bond acceptors (Lipinski definition) is 5. The van der Waals surface area contributed by atoms with Gasteiger partial charge in [0.1, 0.15) is 0 Å². The Labute approximate surface area is 128 Å². The van der Waals surface area contributed by atoms with Crippen molar-refractivity contribution in [3.8, 4) is 11.4 Å². The van der Waals surface area contributed by atoms with Gasteiger partial charge >= 0.3 is 0 Å². The van der Waals surface area contributed by atoms with Crippen LogP contribution in [0.3, 0.4) is 0 Å². The highest BCUT2D eigenvalue weighted by molar-refractivity contribution is 6.33. The number of nitrogens with two attached hydrogens (primary N) is 1. The molecule has 1 aliphatic carbocycles. The van der Waals surface area contributed by atoms with Crippen molar-refractivity contribution in [3.63, 3.8) is 0 Å². The van der Waals surface area contributed by atoms with Crippen LogP contribution in [0, 0.1) is 5.92 Å². The fourth-order valence-corrected chi connectivity index (χ4v) is 2.43. The fraction of sp³-hybridized carbons (Fsp3) is 0.500. The molecule has 1 fully saturated rings. The molecule has 0 spiro atoms. The first-order valence-corrected chi connectivity index (χ1v) is 7.52. The van der Waals surface area contributed by atoms with E-state index < -0.39 is 0 Å². The third-order valence-electron chi connectivity index (χ3n) is 3.51. The Morgan fingerprint density at radius 3 is 3.00 bits per heavy atom. The molecule has 0 radical (unpaired) electrons. The van der Waals surface area contributed by atoms with E-state index in [0.29, 0.717) is 35.2 Å². The van der Waals surface area contributed by atoms with Crippen molar-refractivity contribution in [2.24, 2.45) is 5.92 Å². The summed E-state index contributed by atoms with van der Waals surface area (Å²) in [5.41, 5.74) is 7.24. The molecule has 1 heterocycles. The topological polar surface area (TPSA) is 78.9 Å². The summed E-state index contributed by atoms with van der Waals surface area (Å²) in [6, 6.07) is 5.38. The van der Waals surface area contributed by atoms with Gasteiger partial charge in [-0.15, -0.1) is 5.10 Å². The molecule has 0 amide bonds. The summed E-state index contributed by atoms with van der Waals surface area (Å²) in [6.45, 7) is 2.27. The number of aromatic nitrogens is 4. The van der Waals surface area contributed by atoms with Gasteiger partial charge in [-0.2, -0.15) is 0 Å². The summed E-state index contributed by atoms with van der Waals surface area (Å²) < 4.78 is 7.34. The van der Waals surface area contributed by atoms with Crippen LogP contribution in [0.15, 0.2) is 18.2 Å². The Morgan fingerprint density at radius 2 is 2.24 bits per heavy atom. The van der Waals surface area contributed by atoms with E-state index >= 15 is 0 Å². The number of ether oxygens (including phenoxy) is 1. The van der Waals surface area contributed by atoms with Crippen LogP contribution in [-0.2, 0) is 11.3 Å². The highest BCUT2D eigenvalue weighted by Gasteiger charge is 2.21. The van der Waals surface area contributed by atoms with Gasteiger partial charge in [0.05, 0.1) is 10.6 Å². The first kappa shape index (κ1) is 14.3. The van der Waals surface area contributed by atoms with Gasteiger partial charge in [0.25, 0.3) is 0 Å². The molecule has 1 saturated carbocycles. The van der Waals surface area contributed by atoms with Crippen molar-refractivity contribution in [3.05, 3.63) is 23.2 Å². The highest BCUT2D eigenvalue weighted by atomic mass is 35.5. The predicted octanol–water partition coefficient (Wildman–Crippen LogP) is 2.39. The molecule has 6 nitrogen and oxygen atoms in total. The molecule has 2 N–H and O–H groups in total. The number of benzene rings is 1. The summed E-state index contributed by atoms with van der Waals surface area (Å²) in [4.78, 5) is 0. The highest BCUT2D eigenvalue weighted by Crippen LogP contribution is 2.31. The molecule has 21 heavy (non-hydrogen) atoms. The second kappa shape index (κ2) is 6.41. The SMILES string of the molecule is Nc1cccc(Cl)c1-c1nnnn1CCCOCC1CC1. The average Bonchev–Trinajstić information content (AvgIpc) is 3.17. The number of anilines is 1. The van der Waals surface area contributed by atoms with Crippen LogP contribution in [0.4, 0.5) is 5.69 Å². The van der Waals surface area contributed by atoms with E-state index in [1.54, 1.807) is 22.9 Å². The number of rotatable bonds is 7.